The first-order valence-electron chi connectivity index (χ1n) is 7.83. The number of barbiturate groups is 1. The maximum atomic E-state index is 12.9. The molecule has 6 heteroatoms. The van der Waals surface area contributed by atoms with Crippen LogP contribution in [0, 0.1) is 27.7 Å². The summed E-state index contributed by atoms with van der Waals surface area (Å²) < 4.78 is 5.40. The van der Waals surface area contributed by atoms with Gasteiger partial charge >= 0.3 is 6.03 Å². The average molecular weight is 338 g/mol. The summed E-state index contributed by atoms with van der Waals surface area (Å²) in [6.45, 7) is 7.35. The lowest BCUT2D eigenvalue weighted by molar-refractivity contribution is -0.122. The number of amides is 4. The zero-order valence-corrected chi connectivity index (χ0v) is 14.5. The molecule has 1 fully saturated rings. The fourth-order valence-corrected chi connectivity index (χ4v) is 3.06. The largest absolute Gasteiger partial charge is 0.462 e. The number of nitrogens with zero attached hydrogens (tertiary/aromatic N) is 1. The van der Waals surface area contributed by atoms with Crippen molar-refractivity contribution in [3.8, 4) is 0 Å². The summed E-state index contributed by atoms with van der Waals surface area (Å²) >= 11 is 0. The fraction of sp³-hybridized carbons (Fsp3) is 0.211. The minimum Gasteiger partial charge on any atom is -0.462 e. The monoisotopic (exact) mass is 338 g/mol. The van der Waals surface area contributed by atoms with Gasteiger partial charge in [0, 0.05) is 0 Å². The molecule has 1 aromatic carbocycles. The third-order valence-electron chi connectivity index (χ3n) is 4.01. The molecule has 1 aliphatic rings. The summed E-state index contributed by atoms with van der Waals surface area (Å²) in [6, 6.07) is 6.41. The van der Waals surface area contributed by atoms with Crippen LogP contribution in [0.3, 0.4) is 0 Å². The predicted octanol–water partition coefficient (Wildman–Crippen LogP) is 3.18. The van der Waals surface area contributed by atoms with Crippen molar-refractivity contribution >= 4 is 29.6 Å². The minimum absolute atomic E-state index is 0.145. The van der Waals surface area contributed by atoms with Crippen LogP contribution in [0.5, 0.6) is 0 Å². The molecule has 0 spiro atoms. The first kappa shape index (κ1) is 16.7. The van der Waals surface area contributed by atoms with Crippen LogP contribution in [-0.2, 0) is 9.59 Å². The second-order valence-electron chi connectivity index (χ2n) is 6.15. The second-order valence-corrected chi connectivity index (χ2v) is 6.15. The van der Waals surface area contributed by atoms with Crippen molar-refractivity contribution in [3.05, 3.63) is 58.0 Å². The van der Waals surface area contributed by atoms with Gasteiger partial charge in [0.2, 0.25) is 0 Å². The zero-order chi connectivity index (χ0) is 18.3. The number of imide groups is 2. The number of furan rings is 1. The maximum absolute atomic E-state index is 12.9. The van der Waals surface area contributed by atoms with Gasteiger partial charge in [0.1, 0.15) is 17.1 Å². The van der Waals surface area contributed by atoms with Crippen molar-refractivity contribution < 1.29 is 18.8 Å². The first-order valence-corrected chi connectivity index (χ1v) is 7.83. The molecule has 0 atom stereocenters. The summed E-state index contributed by atoms with van der Waals surface area (Å²) in [5.41, 5.74) is 2.93. The average Bonchev–Trinajstić information content (AvgIpc) is 2.91. The van der Waals surface area contributed by atoms with Gasteiger partial charge < -0.3 is 4.42 Å². The van der Waals surface area contributed by atoms with Crippen LogP contribution in [0.4, 0.5) is 10.5 Å². The Balaban J connectivity index is 2.09. The molecular formula is C19H18N2O4. The number of rotatable bonds is 2. The molecule has 0 unspecified atom stereocenters. The zero-order valence-electron chi connectivity index (χ0n) is 14.5. The van der Waals surface area contributed by atoms with E-state index in [1.165, 1.54) is 6.08 Å². The van der Waals surface area contributed by atoms with E-state index in [1.54, 1.807) is 19.1 Å². The molecule has 6 nitrogen and oxygen atoms in total. The SMILES string of the molecule is Cc1cc(C)c(N2C(=O)NC(=O)/C(=C/c3ccc(C)o3)C2=O)c(C)c1. The molecule has 4 amide bonds. The third kappa shape index (κ3) is 2.98. The Hall–Kier alpha value is -3.15. The number of benzene rings is 1. The van der Waals surface area contributed by atoms with E-state index in [9.17, 15) is 14.4 Å². The van der Waals surface area contributed by atoms with Gasteiger partial charge in [-0.25, -0.2) is 9.69 Å². The number of hydrogen-bond acceptors (Lipinski definition) is 4. The third-order valence-corrected chi connectivity index (χ3v) is 4.01. The van der Waals surface area contributed by atoms with Crippen molar-refractivity contribution in [1.29, 1.82) is 0 Å². The van der Waals surface area contributed by atoms with Gasteiger partial charge in [-0.3, -0.25) is 14.9 Å². The Morgan fingerprint density at radius 3 is 2.20 bits per heavy atom. The van der Waals surface area contributed by atoms with Gasteiger partial charge in [-0.2, -0.15) is 0 Å². The normalized spacial score (nSPS) is 16.6. The van der Waals surface area contributed by atoms with Gasteiger partial charge in [-0.05, 0) is 57.0 Å². The number of anilines is 1. The van der Waals surface area contributed by atoms with E-state index in [1.807, 2.05) is 32.9 Å². The molecule has 1 N–H and O–H groups in total. The van der Waals surface area contributed by atoms with E-state index in [4.69, 9.17) is 4.42 Å². The number of carbonyl (C=O) groups excluding carboxylic acids is 3. The van der Waals surface area contributed by atoms with Crippen molar-refractivity contribution in [1.82, 2.24) is 5.32 Å². The first-order chi connectivity index (χ1) is 11.8. The lowest BCUT2D eigenvalue weighted by Gasteiger charge is -2.29. The van der Waals surface area contributed by atoms with E-state index >= 15 is 0 Å². The number of nitrogens with one attached hydrogen (secondary N) is 1. The van der Waals surface area contributed by atoms with Crippen molar-refractivity contribution in [2.45, 2.75) is 27.7 Å². The van der Waals surface area contributed by atoms with Crippen LogP contribution in [0.25, 0.3) is 6.08 Å². The summed E-state index contributed by atoms with van der Waals surface area (Å²) in [4.78, 5) is 38.4. The van der Waals surface area contributed by atoms with Crippen LogP contribution >= 0.6 is 0 Å². The van der Waals surface area contributed by atoms with E-state index in [0.29, 0.717) is 17.2 Å². The van der Waals surface area contributed by atoms with Crippen molar-refractivity contribution in [2.75, 3.05) is 4.90 Å². The lowest BCUT2D eigenvalue weighted by Crippen LogP contribution is -2.54. The van der Waals surface area contributed by atoms with Gasteiger partial charge in [-0.15, -0.1) is 0 Å². The van der Waals surface area contributed by atoms with Gasteiger partial charge in [0.25, 0.3) is 11.8 Å². The Morgan fingerprint density at radius 1 is 1.00 bits per heavy atom. The summed E-state index contributed by atoms with van der Waals surface area (Å²) in [7, 11) is 0. The smallest absolute Gasteiger partial charge is 0.335 e. The van der Waals surface area contributed by atoms with Crippen LogP contribution in [0.2, 0.25) is 0 Å². The Labute approximate surface area is 145 Å². The molecule has 25 heavy (non-hydrogen) atoms. The molecule has 0 aliphatic carbocycles. The highest BCUT2D eigenvalue weighted by atomic mass is 16.3. The molecule has 2 aromatic rings. The standard InChI is InChI=1S/C19H18N2O4/c1-10-7-11(2)16(12(3)8-10)21-18(23)15(17(22)20-19(21)24)9-14-6-5-13(4)25-14/h5-9H,1-4H3,(H,20,22,24)/b15-9-. The Bertz CT molecular complexity index is 914. The fourth-order valence-electron chi connectivity index (χ4n) is 3.06. The molecule has 1 aromatic heterocycles. The molecule has 2 heterocycles. The van der Waals surface area contributed by atoms with Crippen molar-refractivity contribution in [3.63, 3.8) is 0 Å². The van der Waals surface area contributed by atoms with E-state index in [2.05, 4.69) is 5.32 Å². The number of carbonyl (C=O) groups is 3. The summed E-state index contributed by atoms with van der Waals surface area (Å²) in [5, 5.41) is 2.22. The summed E-state index contributed by atoms with van der Waals surface area (Å²) in [5.74, 6) is -0.364. The van der Waals surface area contributed by atoms with Crippen molar-refractivity contribution in [2.24, 2.45) is 0 Å². The van der Waals surface area contributed by atoms with Gasteiger partial charge in [0.05, 0.1) is 5.69 Å². The van der Waals surface area contributed by atoms with Crippen LogP contribution in [0.1, 0.15) is 28.2 Å². The molecule has 0 radical (unpaired) electrons. The highest BCUT2D eigenvalue weighted by Crippen LogP contribution is 2.29. The molecule has 1 saturated heterocycles. The Morgan fingerprint density at radius 2 is 1.64 bits per heavy atom. The number of hydrogen-bond donors (Lipinski definition) is 1. The molecule has 3 rings (SSSR count). The lowest BCUT2D eigenvalue weighted by atomic mass is 10.0. The molecule has 1 aliphatic heterocycles. The predicted molar refractivity (Wildman–Crippen MR) is 93.1 cm³/mol. The highest BCUT2D eigenvalue weighted by molar-refractivity contribution is 6.39. The second kappa shape index (κ2) is 6.05. The van der Waals surface area contributed by atoms with Gasteiger partial charge in [-0.1, -0.05) is 17.7 Å². The molecule has 0 bridgehead atoms. The van der Waals surface area contributed by atoms with Crippen LogP contribution in [0.15, 0.2) is 34.3 Å². The Kier molecular flexibility index (Phi) is 4.04. The maximum Gasteiger partial charge on any atom is 0.335 e. The summed E-state index contributed by atoms with van der Waals surface area (Å²) in [6.07, 6.45) is 1.35. The van der Waals surface area contributed by atoms with E-state index < -0.39 is 17.8 Å². The topological polar surface area (TPSA) is 79.6 Å². The van der Waals surface area contributed by atoms with Gasteiger partial charge in [0.15, 0.2) is 0 Å². The van der Waals surface area contributed by atoms with E-state index in [-0.39, 0.29) is 5.57 Å². The highest BCUT2D eigenvalue weighted by Gasteiger charge is 2.38. The van der Waals surface area contributed by atoms with Crippen LogP contribution in [-0.4, -0.2) is 17.8 Å². The molecule has 128 valence electrons. The van der Waals surface area contributed by atoms with Crippen LogP contribution < -0.4 is 10.2 Å². The minimum atomic E-state index is -0.752. The molecular weight excluding hydrogens is 320 g/mol. The number of urea groups is 1. The molecule has 0 saturated carbocycles. The number of aryl methyl sites for hydroxylation is 4. The van der Waals surface area contributed by atoms with E-state index in [0.717, 1.165) is 21.6 Å². The quantitative estimate of drug-likeness (QED) is 0.674.